The van der Waals surface area contributed by atoms with Gasteiger partial charge in [0, 0.05) is 24.7 Å². The van der Waals surface area contributed by atoms with Gasteiger partial charge in [-0.1, -0.05) is 30.3 Å². The molecule has 0 saturated carbocycles. The van der Waals surface area contributed by atoms with Crippen LogP contribution in [0.4, 0.5) is 11.4 Å². The van der Waals surface area contributed by atoms with Crippen molar-refractivity contribution in [3.8, 4) is 0 Å². The van der Waals surface area contributed by atoms with E-state index in [2.05, 4.69) is 10.6 Å². The molecule has 1 amide bonds. The van der Waals surface area contributed by atoms with E-state index in [1.807, 2.05) is 6.07 Å². The maximum absolute atomic E-state index is 11.8. The average molecular weight is 285 g/mol. The van der Waals surface area contributed by atoms with Crippen LogP contribution in [0.2, 0.25) is 0 Å². The summed E-state index contributed by atoms with van der Waals surface area (Å²) in [5.41, 5.74) is 1.05. The van der Waals surface area contributed by atoms with Gasteiger partial charge in [-0.3, -0.25) is 14.9 Å². The number of nitro groups is 1. The zero-order valence-electron chi connectivity index (χ0n) is 11.3. The third kappa shape index (κ3) is 4.04. The van der Waals surface area contributed by atoms with Gasteiger partial charge in [-0.15, -0.1) is 0 Å². The lowest BCUT2D eigenvalue weighted by molar-refractivity contribution is -0.384. The first kappa shape index (κ1) is 14.5. The summed E-state index contributed by atoms with van der Waals surface area (Å²) >= 11 is 0. The van der Waals surface area contributed by atoms with E-state index in [4.69, 9.17) is 0 Å². The van der Waals surface area contributed by atoms with E-state index in [9.17, 15) is 14.9 Å². The third-order valence-electron chi connectivity index (χ3n) is 2.86. The van der Waals surface area contributed by atoms with Crippen LogP contribution in [0, 0.1) is 10.1 Å². The van der Waals surface area contributed by atoms with Crippen molar-refractivity contribution in [2.24, 2.45) is 0 Å². The molecule has 0 spiro atoms. The van der Waals surface area contributed by atoms with E-state index in [-0.39, 0.29) is 11.6 Å². The minimum absolute atomic E-state index is 0.0203. The number of nitrogens with one attached hydrogen (secondary N) is 2. The van der Waals surface area contributed by atoms with Crippen molar-refractivity contribution in [2.45, 2.75) is 0 Å². The topological polar surface area (TPSA) is 84.3 Å². The summed E-state index contributed by atoms with van der Waals surface area (Å²) in [6, 6.07) is 15.3. The second-order valence-corrected chi connectivity index (χ2v) is 4.32. The van der Waals surface area contributed by atoms with E-state index >= 15 is 0 Å². The predicted molar refractivity (Wildman–Crippen MR) is 80.4 cm³/mol. The van der Waals surface area contributed by atoms with E-state index in [1.165, 1.54) is 6.07 Å². The lowest BCUT2D eigenvalue weighted by Crippen LogP contribution is -2.28. The van der Waals surface area contributed by atoms with Crippen molar-refractivity contribution >= 4 is 17.3 Å². The Bertz CT molecular complexity index is 629. The molecule has 2 aromatic rings. The minimum atomic E-state index is -0.440. The smallest absolute Gasteiger partial charge is 0.292 e. The number of nitrogens with zero attached hydrogens (tertiary/aromatic N) is 1. The van der Waals surface area contributed by atoms with Gasteiger partial charge in [0.1, 0.15) is 5.69 Å². The van der Waals surface area contributed by atoms with Gasteiger partial charge in [0.15, 0.2) is 0 Å². The molecule has 0 aliphatic heterocycles. The van der Waals surface area contributed by atoms with E-state index in [1.54, 1.807) is 42.5 Å². The van der Waals surface area contributed by atoms with Crippen LogP contribution in [0.5, 0.6) is 0 Å². The van der Waals surface area contributed by atoms with Crippen molar-refractivity contribution in [3.63, 3.8) is 0 Å². The van der Waals surface area contributed by atoms with Crippen LogP contribution in [-0.2, 0) is 0 Å². The number of amides is 1. The summed E-state index contributed by atoms with van der Waals surface area (Å²) in [6.07, 6.45) is 0. The van der Waals surface area contributed by atoms with E-state index in [0.717, 1.165) is 0 Å². The van der Waals surface area contributed by atoms with Crippen LogP contribution in [0.3, 0.4) is 0 Å². The molecule has 0 aliphatic rings. The van der Waals surface area contributed by atoms with Crippen LogP contribution in [-0.4, -0.2) is 23.9 Å². The Morgan fingerprint density at radius 3 is 2.38 bits per heavy atom. The fraction of sp³-hybridized carbons (Fsp3) is 0.133. The normalized spacial score (nSPS) is 9.90. The van der Waals surface area contributed by atoms with Gasteiger partial charge < -0.3 is 10.6 Å². The highest BCUT2D eigenvalue weighted by Crippen LogP contribution is 2.22. The van der Waals surface area contributed by atoms with Crippen molar-refractivity contribution in [3.05, 3.63) is 70.3 Å². The minimum Gasteiger partial charge on any atom is -0.378 e. The summed E-state index contributed by atoms with van der Waals surface area (Å²) in [5, 5.41) is 16.5. The summed E-state index contributed by atoms with van der Waals surface area (Å²) in [4.78, 5) is 22.2. The number of hydrogen-bond acceptors (Lipinski definition) is 4. The first-order valence-corrected chi connectivity index (χ1v) is 6.49. The Labute approximate surface area is 121 Å². The molecule has 0 heterocycles. The van der Waals surface area contributed by atoms with Gasteiger partial charge >= 0.3 is 0 Å². The zero-order valence-corrected chi connectivity index (χ0v) is 11.3. The van der Waals surface area contributed by atoms with E-state index < -0.39 is 4.92 Å². The van der Waals surface area contributed by atoms with Crippen LogP contribution in [0.15, 0.2) is 54.6 Å². The Morgan fingerprint density at radius 2 is 1.67 bits per heavy atom. The summed E-state index contributed by atoms with van der Waals surface area (Å²) in [6.45, 7) is 0.781. The maximum atomic E-state index is 11.8. The molecule has 0 fully saturated rings. The molecule has 0 aromatic heterocycles. The van der Waals surface area contributed by atoms with Gasteiger partial charge in [0.2, 0.25) is 0 Å². The highest BCUT2D eigenvalue weighted by atomic mass is 16.6. The largest absolute Gasteiger partial charge is 0.378 e. The van der Waals surface area contributed by atoms with Gasteiger partial charge in [-0.2, -0.15) is 0 Å². The van der Waals surface area contributed by atoms with Gasteiger partial charge in [0.05, 0.1) is 4.92 Å². The molecule has 6 heteroatoms. The number of benzene rings is 2. The SMILES string of the molecule is O=C(NCCNc1ccccc1[N+](=O)[O-])c1ccccc1. The molecule has 0 radical (unpaired) electrons. The van der Waals surface area contributed by atoms with Crippen molar-refractivity contribution in [2.75, 3.05) is 18.4 Å². The molecule has 0 atom stereocenters. The number of anilines is 1. The molecule has 2 N–H and O–H groups in total. The molecule has 0 unspecified atom stereocenters. The Balaban J connectivity index is 1.83. The van der Waals surface area contributed by atoms with Crippen LogP contribution >= 0.6 is 0 Å². The van der Waals surface area contributed by atoms with Crippen molar-refractivity contribution < 1.29 is 9.72 Å². The predicted octanol–water partition coefficient (Wildman–Crippen LogP) is 2.44. The molecule has 0 bridgehead atoms. The molecule has 21 heavy (non-hydrogen) atoms. The maximum Gasteiger partial charge on any atom is 0.292 e. The number of para-hydroxylation sites is 2. The van der Waals surface area contributed by atoms with Gasteiger partial charge in [0.25, 0.3) is 11.6 Å². The highest BCUT2D eigenvalue weighted by Gasteiger charge is 2.11. The first-order chi connectivity index (χ1) is 10.2. The lowest BCUT2D eigenvalue weighted by atomic mass is 10.2. The molecule has 0 saturated heterocycles. The fourth-order valence-corrected chi connectivity index (χ4v) is 1.85. The van der Waals surface area contributed by atoms with Crippen molar-refractivity contribution in [1.29, 1.82) is 0 Å². The van der Waals surface area contributed by atoms with Gasteiger partial charge in [-0.25, -0.2) is 0 Å². The number of hydrogen-bond donors (Lipinski definition) is 2. The Morgan fingerprint density at radius 1 is 1.00 bits per heavy atom. The van der Waals surface area contributed by atoms with Crippen LogP contribution < -0.4 is 10.6 Å². The first-order valence-electron chi connectivity index (χ1n) is 6.49. The fourth-order valence-electron chi connectivity index (χ4n) is 1.85. The second kappa shape index (κ2) is 7.04. The molecule has 2 aromatic carbocycles. The highest BCUT2D eigenvalue weighted by molar-refractivity contribution is 5.94. The standard InChI is InChI=1S/C15H15N3O3/c19-15(12-6-2-1-3-7-12)17-11-10-16-13-8-4-5-9-14(13)18(20)21/h1-9,16H,10-11H2,(H,17,19). The molecular formula is C15H15N3O3. The van der Waals surface area contributed by atoms with Gasteiger partial charge in [-0.05, 0) is 18.2 Å². The molecule has 2 rings (SSSR count). The number of carbonyl (C=O) groups is 1. The zero-order chi connectivity index (χ0) is 15.1. The summed E-state index contributed by atoms with van der Waals surface area (Å²) < 4.78 is 0. The molecule has 0 aliphatic carbocycles. The van der Waals surface area contributed by atoms with Crippen LogP contribution in [0.25, 0.3) is 0 Å². The number of carbonyl (C=O) groups excluding carboxylic acids is 1. The summed E-state index contributed by atoms with van der Waals surface area (Å²) in [7, 11) is 0. The summed E-state index contributed by atoms with van der Waals surface area (Å²) in [5.74, 6) is -0.167. The number of rotatable bonds is 6. The quantitative estimate of drug-likeness (QED) is 0.485. The Kier molecular flexibility index (Phi) is 4.87. The Hall–Kier alpha value is -2.89. The average Bonchev–Trinajstić information content (AvgIpc) is 2.52. The molecule has 108 valence electrons. The lowest BCUT2D eigenvalue weighted by Gasteiger charge is -2.08. The molecular weight excluding hydrogens is 270 g/mol. The number of nitro benzene ring substituents is 1. The second-order valence-electron chi connectivity index (χ2n) is 4.32. The van der Waals surface area contributed by atoms with E-state index in [0.29, 0.717) is 24.3 Å². The van der Waals surface area contributed by atoms with Crippen molar-refractivity contribution in [1.82, 2.24) is 5.32 Å². The molecule has 6 nitrogen and oxygen atoms in total. The third-order valence-corrected chi connectivity index (χ3v) is 2.86. The van der Waals surface area contributed by atoms with Crippen LogP contribution in [0.1, 0.15) is 10.4 Å². The monoisotopic (exact) mass is 285 g/mol.